The number of nitrogens with one attached hydrogen (secondary N) is 2. The van der Waals surface area contributed by atoms with Crippen molar-refractivity contribution in [2.75, 3.05) is 0 Å². The Hall–Kier alpha value is -2.73. The topological polar surface area (TPSA) is 90.9 Å². The van der Waals surface area contributed by atoms with Gasteiger partial charge in [0.2, 0.25) is 5.91 Å². The molecular formula is C21H24N4O2. The molecule has 1 atom stereocenters. The average Bonchev–Trinajstić information content (AvgIpc) is 2.95. The monoisotopic (exact) mass is 364 g/mol. The lowest BCUT2D eigenvalue weighted by Gasteiger charge is -2.38. The largest absolute Gasteiger partial charge is 0.393 e. The van der Waals surface area contributed by atoms with Crippen molar-refractivity contribution in [1.29, 1.82) is 0 Å². The molecule has 1 amide bonds. The highest BCUT2D eigenvalue weighted by Crippen LogP contribution is 2.38. The van der Waals surface area contributed by atoms with E-state index in [9.17, 15) is 9.90 Å². The molecule has 1 aliphatic rings. The highest BCUT2D eigenvalue weighted by molar-refractivity contribution is 5.81. The van der Waals surface area contributed by atoms with E-state index in [2.05, 4.69) is 26.6 Å². The van der Waals surface area contributed by atoms with Crippen molar-refractivity contribution in [2.45, 2.75) is 45.3 Å². The predicted molar refractivity (Wildman–Crippen MR) is 103 cm³/mol. The van der Waals surface area contributed by atoms with Crippen LogP contribution in [0.3, 0.4) is 0 Å². The van der Waals surface area contributed by atoms with Crippen LogP contribution in [0.4, 0.5) is 0 Å². The quantitative estimate of drug-likeness (QED) is 0.649. The molecule has 3 N–H and O–H groups in total. The Morgan fingerprint density at radius 3 is 2.81 bits per heavy atom. The molecule has 140 valence electrons. The first-order chi connectivity index (χ1) is 13.0. The van der Waals surface area contributed by atoms with Gasteiger partial charge >= 0.3 is 0 Å². The summed E-state index contributed by atoms with van der Waals surface area (Å²) in [4.78, 5) is 17.3. The number of para-hydroxylation sites is 1. The van der Waals surface area contributed by atoms with Gasteiger partial charge in [0.15, 0.2) is 0 Å². The summed E-state index contributed by atoms with van der Waals surface area (Å²) >= 11 is 0. The van der Waals surface area contributed by atoms with Gasteiger partial charge in [-0.25, -0.2) is 0 Å². The number of aliphatic hydroxyl groups is 1. The van der Waals surface area contributed by atoms with E-state index in [-0.39, 0.29) is 24.0 Å². The molecule has 0 spiro atoms. The molecule has 0 bridgehead atoms. The number of hydrogen-bond acceptors (Lipinski definition) is 4. The number of H-pyrrole nitrogens is 1. The molecule has 1 saturated carbocycles. The van der Waals surface area contributed by atoms with Gasteiger partial charge in [-0.15, -0.1) is 0 Å². The minimum absolute atomic E-state index is 0.0397. The van der Waals surface area contributed by atoms with Gasteiger partial charge in [0.25, 0.3) is 0 Å². The van der Waals surface area contributed by atoms with Crippen LogP contribution < -0.4 is 5.32 Å². The molecule has 6 nitrogen and oxygen atoms in total. The van der Waals surface area contributed by atoms with Gasteiger partial charge in [-0.2, -0.15) is 5.10 Å². The Kier molecular flexibility index (Phi) is 4.66. The molecule has 2 aromatic heterocycles. The molecule has 3 aromatic rings. The van der Waals surface area contributed by atoms with Gasteiger partial charge in [0.1, 0.15) is 0 Å². The van der Waals surface area contributed by atoms with E-state index in [4.69, 9.17) is 0 Å². The number of amides is 1. The molecule has 1 aromatic carbocycles. The third kappa shape index (κ3) is 3.57. The van der Waals surface area contributed by atoms with E-state index >= 15 is 0 Å². The molecule has 0 aliphatic heterocycles. The normalized spacial score (nSPS) is 20.3. The summed E-state index contributed by atoms with van der Waals surface area (Å²) < 4.78 is 0. The lowest BCUT2D eigenvalue weighted by Crippen LogP contribution is -2.42. The molecule has 1 fully saturated rings. The van der Waals surface area contributed by atoms with Crippen LogP contribution in [0.15, 0.2) is 36.5 Å². The van der Waals surface area contributed by atoms with Crippen molar-refractivity contribution < 1.29 is 9.90 Å². The van der Waals surface area contributed by atoms with Crippen LogP contribution in [0.2, 0.25) is 0 Å². The second-order valence-electron chi connectivity index (χ2n) is 7.48. The standard InChI is InChI=1S/C21H24N4O2/c1-12-18(13(2)25-24-12)10-20(27)23-21(15-8-17(26)9-15)16-7-14-5-3-4-6-19(14)22-11-16/h3-7,11,15,17,21,26H,8-10H2,1-2H3,(H,23,27)(H,24,25). The molecule has 0 saturated heterocycles. The van der Waals surface area contributed by atoms with Crippen LogP contribution in [-0.4, -0.2) is 32.3 Å². The molecule has 2 heterocycles. The highest BCUT2D eigenvalue weighted by atomic mass is 16.3. The van der Waals surface area contributed by atoms with Gasteiger partial charge in [-0.1, -0.05) is 18.2 Å². The Morgan fingerprint density at radius 2 is 2.11 bits per heavy atom. The number of aromatic nitrogens is 3. The zero-order valence-electron chi connectivity index (χ0n) is 15.6. The lowest BCUT2D eigenvalue weighted by molar-refractivity contribution is -0.122. The van der Waals surface area contributed by atoms with E-state index in [1.54, 1.807) is 0 Å². The maximum atomic E-state index is 12.8. The van der Waals surface area contributed by atoms with E-state index in [1.807, 2.05) is 44.3 Å². The lowest BCUT2D eigenvalue weighted by atomic mass is 9.75. The van der Waals surface area contributed by atoms with Gasteiger partial charge < -0.3 is 10.4 Å². The van der Waals surface area contributed by atoms with Crippen LogP contribution in [0.25, 0.3) is 10.9 Å². The fraction of sp³-hybridized carbons (Fsp3) is 0.381. The predicted octanol–water partition coefficient (Wildman–Crippen LogP) is 2.75. The number of fused-ring (bicyclic) bond motifs is 1. The van der Waals surface area contributed by atoms with E-state index in [0.29, 0.717) is 19.3 Å². The maximum absolute atomic E-state index is 12.8. The number of rotatable bonds is 5. The number of nitrogens with zero attached hydrogens (tertiary/aromatic N) is 2. The van der Waals surface area contributed by atoms with Crippen LogP contribution >= 0.6 is 0 Å². The van der Waals surface area contributed by atoms with Crippen molar-refractivity contribution in [3.05, 3.63) is 59.0 Å². The van der Waals surface area contributed by atoms with Gasteiger partial charge in [-0.3, -0.25) is 14.9 Å². The summed E-state index contributed by atoms with van der Waals surface area (Å²) in [5.74, 6) is 0.181. The molecule has 0 radical (unpaired) electrons. The summed E-state index contributed by atoms with van der Waals surface area (Å²) in [5, 5.41) is 21.1. The zero-order chi connectivity index (χ0) is 19.0. The first kappa shape index (κ1) is 17.7. The van der Waals surface area contributed by atoms with Crippen molar-refractivity contribution in [2.24, 2.45) is 5.92 Å². The summed E-state index contributed by atoms with van der Waals surface area (Å²) in [6, 6.07) is 9.89. The Labute approximate surface area is 158 Å². The van der Waals surface area contributed by atoms with Gasteiger partial charge in [0.05, 0.1) is 29.8 Å². The minimum atomic E-state index is -0.277. The van der Waals surface area contributed by atoms with Crippen molar-refractivity contribution in [3.63, 3.8) is 0 Å². The number of hydrogen-bond donors (Lipinski definition) is 3. The summed E-state index contributed by atoms with van der Waals surface area (Å²) in [6.45, 7) is 3.83. The SMILES string of the molecule is Cc1n[nH]c(C)c1CC(=O)NC(c1cnc2ccccc2c1)C1CC(O)C1. The first-order valence-corrected chi connectivity index (χ1v) is 9.34. The van der Waals surface area contributed by atoms with Crippen molar-refractivity contribution in [3.8, 4) is 0 Å². The number of carbonyl (C=O) groups excluding carboxylic acids is 1. The number of aryl methyl sites for hydroxylation is 2. The third-order valence-corrected chi connectivity index (χ3v) is 5.53. The fourth-order valence-corrected chi connectivity index (χ4v) is 3.85. The van der Waals surface area contributed by atoms with Crippen molar-refractivity contribution >= 4 is 16.8 Å². The Balaban J connectivity index is 1.58. The third-order valence-electron chi connectivity index (χ3n) is 5.53. The van der Waals surface area contributed by atoms with E-state index in [0.717, 1.165) is 33.4 Å². The molecule has 4 rings (SSSR count). The number of pyridine rings is 1. The number of carbonyl (C=O) groups is 1. The summed E-state index contributed by atoms with van der Waals surface area (Å²) in [7, 11) is 0. The molecular weight excluding hydrogens is 340 g/mol. The van der Waals surface area contributed by atoms with Gasteiger partial charge in [-0.05, 0) is 50.3 Å². The van der Waals surface area contributed by atoms with Crippen LogP contribution in [0.1, 0.15) is 41.4 Å². The molecule has 6 heteroatoms. The number of aromatic amines is 1. The molecule has 1 unspecified atom stereocenters. The molecule has 1 aliphatic carbocycles. The average molecular weight is 364 g/mol. The zero-order valence-corrected chi connectivity index (χ0v) is 15.6. The fourth-order valence-electron chi connectivity index (χ4n) is 3.85. The smallest absolute Gasteiger partial charge is 0.225 e. The van der Waals surface area contributed by atoms with E-state index < -0.39 is 0 Å². The Morgan fingerprint density at radius 1 is 1.33 bits per heavy atom. The van der Waals surface area contributed by atoms with Crippen LogP contribution in [-0.2, 0) is 11.2 Å². The van der Waals surface area contributed by atoms with E-state index in [1.165, 1.54) is 0 Å². The highest BCUT2D eigenvalue weighted by Gasteiger charge is 2.36. The number of aliphatic hydroxyl groups excluding tert-OH is 1. The van der Waals surface area contributed by atoms with Gasteiger partial charge in [0, 0.05) is 22.8 Å². The van der Waals surface area contributed by atoms with Crippen molar-refractivity contribution in [1.82, 2.24) is 20.5 Å². The van der Waals surface area contributed by atoms with Crippen LogP contribution in [0, 0.1) is 19.8 Å². The molecule has 27 heavy (non-hydrogen) atoms. The summed E-state index contributed by atoms with van der Waals surface area (Å²) in [6.07, 6.45) is 3.25. The second-order valence-corrected chi connectivity index (χ2v) is 7.48. The maximum Gasteiger partial charge on any atom is 0.225 e. The second kappa shape index (κ2) is 7.12. The summed E-state index contributed by atoms with van der Waals surface area (Å²) in [5.41, 5.74) is 4.64. The van der Waals surface area contributed by atoms with Crippen LogP contribution in [0.5, 0.6) is 0 Å². The Bertz CT molecular complexity index is 956. The minimum Gasteiger partial charge on any atom is -0.393 e. The number of benzene rings is 1. The first-order valence-electron chi connectivity index (χ1n) is 9.34.